The lowest BCUT2D eigenvalue weighted by atomic mass is 9.92. The van der Waals surface area contributed by atoms with Crippen LogP contribution in [0.5, 0.6) is 23.0 Å². The first-order valence-corrected chi connectivity index (χ1v) is 8.82. The molecule has 3 aromatic carbocycles. The summed E-state index contributed by atoms with van der Waals surface area (Å²) in [5, 5.41) is 12.8. The fourth-order valence-electron chi connectivity index (χ4n) is 3.67. The maximum Gasteiger partial charge on any atom is 0.203 e. The summed E-state index contributed by atoms with van der Waals surface area (Å²) in [6, 6.07) is 15.7. The van der Waals surface area contributed by atoms with Crippen LogP contribution >= 0.6 is 0 Å². The predicted octanol–water partition coefficient (Wildman–Crippen LogP) is 4.42. The van der Waals surface area contributed by atoms with E-state index in [-0.39, 0.29) is 6.10 Å². The van der Waals surface area contributed by atoms with Crippen LogP contribution in [0.15, 0.2) is 48.5 Å². The minimum Gasteiger partial charge on any atom is -0.493 e. The first kappa shape index (κ1) is 17.5. The van der Waals surface area contributed by atoms with Gasteiger partial charge in [-0.1, -0.05) is 36.4 Å². The number of hydrogen-bond acceptors (Lipinski definition) is 5. The molecule has 3 aromatic rings. The molecule has 0 radical (unpaired) electrons. The molecular weight excluding hydrogens is 344 g/mol. The molecule has 0 aromatic heterocycles. The highest BCUT2D eigenvalue weighted by molar-refractivity contribution is 5.90. The Kier molecular flexibility index (Phi) is 4.54. The summed E-state index contributed by atoms with van der Waals surface area (Å²) < 4.78 is 22.7. The SMILES string of the molecule is COc1cc([C@@H]2C[C@@H](O)c3ccc4ccccc4c3O2)cc(OC)c1OC. The van der Waals surface area contributed by atoms with E-state index in [0.717, 1.165) is 27.6 Å². The summed E-state index contributed by atoms with van der Waals surface area (Å²) in [7, 11) is 4.74. The normalized spacial score (nSPS) is 18.5. The van der Waals surface area contributed by atoms with Crippen molar-refractivity contribution in [2.75, 3.05) is 21.3 Å². The molecule has 5 nitrogen and oxygen atoms in total. The van der Waals surface area contributed by atoms with Gasteiger partial charge in [0.15, 0.2) is 11.5 Å². The highest BCUT2D eigenvalue weighted by Gasteiger charge is 2.30. The van der Waals surface area contributed by atoms with Gasteiger partial charge in [0.25, 0.3) is 0 Å². The van der Waals surface area contributed by atoms with E-state index < -0.39 is 6.10 Å². The molecule has 0 spiro atoms. The molecule has 0 bridgehead atoms. The van der Waals surface area contributed by atoms with E-state index in [0.29, 0.717) is 23.7 Å². The third-order valence-corrected chi connectivity index (χ3v) is 5.03. The van der Waals surface area contributed by atoms with Crippen molar-refractivity contribution in [1.29, 1.82) is 0 Å². The van der Waals surface area contributed by atoms with Crippen molar-refractivity contribution in [3.8, 4) is 23.0 Å². The first-order valence-electron chi connectivity index (χ1n) is 8.82. The van der Waals surface area contributed by atoms with Crippen molar-refractivity contribution >= 4 is 10.8 Å². The lowest BCUT2D eigenvalue weighted by Gasteiger charge is -2.31. The zero-order chi connectivity index (χ0) is 19.0. The predicted molar refractivity (Wildman–Crippen MR) is 103 cm³/mol. The number of rotatable bonds is 4. The van der Waals surface area contributed by atoms with Gasteiger partial charge in [0.05, 0.1) is 27.4 Å². The van der Waals surface area contributed by atoms with E-state index in [1.165, 1.54) is 0 Å². The Bertz CT molecular complexity index is 957. The van der Waals surface area contributed by atoms with Gasteiger partial charge < -0.3 is 24.1 Å². The molecule has 1 aliphatic rings. The molecule has 0 saturated carbocycles. The van der Waals surface area contributed by atoms with Gasteiger partial charge in [0.1, 0.15) is 11.9 Å². The second-order valence-corrected chi connectivity index (χ2v) is 6.52. The van der Waals surface area contributed by atoms with Crippen molar-refractivity contribution in [1.82, 2.24) is 0 Å². The maximum atomic E-state index is 10.7. The monoisotopic (exact) mass is 366 g/mol. The average Bonchev–Trinajstić information content (AvgIpc) is 2.72. The standard InChI is InChI=1S/C22H22O5/c1-24-19-10-14(11-20(25-2)22(19)26-3)18-12-17(23)16-9-8-13-6-4-5-7-15(13)21(16)27-18/h4-11,17-18,23H,12H2,1-3H3/t17-,18+/m1/s1. The molecular formula is C22H22O5. The van der Waals surface area contributed by atoms with Crippen LogP contribution in [-0.2, 0) is 0 Å². The Hall–Kier alpha value is -2.92. The molecule has 4 rings (SSSR count). The Labute approximate surface area is 158 Å². The lowest BCUT2D eigenvalue weighted by Crippen LogP contribution is -2.19. The number of fused-ring (bicyclic) bond motifs is 3. The number of benzene rings is 3. The van der Waals surface area contributed by atoms with E-state index in [1.54, 1.807) is 21.3 Å². The van der Waals surface area contributed by atoms with E-state index in [9.17, 15) is 5.11 Å². The molecule has 1 aliphatic heterocycles. The highest BCUT2D eigenvalue weighted by Crippen LogP contribution is 2.47. The van der Waals surface area contributed by atoms with Gasteiger partial charge in [-0.15, -0.1) is 0 Å². The van der Waals surface area contributed by atoms with Gasteiger partial charge >= 0.3 is 0 Å². The smallest absolute Gasteiger partial charge is 0.203 e. The first-order chi connectivity index (χ1) is 13.2. The molecule has 2 atom stereocenters. The quantitative estimate of drug-likeness (QED) is 0.741. The van der Waals surface area contributed by atoms with Gasteiger partial charge in [0, 0.05) is 22.9 Å². The fraction of sp³-hybridized carbons (Fsp3) is 0.273. The Morgan fingerprint density at radius 1 is 0.926 bits per heavy atom. The third kappa shape index (κ3) is 2.94. The number of hydrogen-bond donors (Lipinski definition) is 1. The molecule has 27 heavy (non-hydrogen) atoms. The summed E-state index contributed by atoms with van der Waals surface area (Å²) in [6.45, 7) is 0. The van der Waals surface area contributed by atoms with Crippen molar-refractivity contribution in [3.63, 3.8) is 0 Å². The van der Waals surface area contributed by atoms with Crippen molar-refractivity contribution in [3.05, 3.63) is 59.7 Å². The van der Waals surface area contributed by atoms with Crippen molar-refractivity contribution in [2.45, 2.75) is 18.6 Å². The van der Waals surface area contributed by atoms with Crippen LogP contribution < -0.4 is 18.9 Å². The number of methoxy groups -OCH3 is 3. The van der Waals surface area contributed by atoms with Crippen LogP contribution in [0.1, 0.15) is 29.8 Å². The summed E-state index contributed by atoms with van der Waals surface area (Å²) in [5.74, 6) is 2.39. The number of aliphatic hydroxyl groups excluding tert-OH is 1. The summed E-state index contributed by atoms with van der Waals surface area (Å²) in [4.78, 5) is 0. The molecule has 0 aliphatic carbocycles. The van der Waals surface area contributed by atoms with Gasteiger partial charge in [-0.25, -0.2) is 0 Å². The Morgan fingerprint density at radius 2 is 1.63 bits per heavy atom. The van der Waals surface area contributed by atoms with E-state index in [1.807, 2.05) is 48.5 Å². The average molecular weight is 366 g/mol. The molecule has 0 unspecified atom stereocenters. The van der Waals surface area contributed by atoms with Crippen LogP contribution in [0.25, 0.3) is 10.8 Å². The van der Waals surface area contributed by atoms with Crippen LogP contribution in [-0.4, -0.2) is 26.4 Å². The minimum atomic E-state index is -0.609. The van der Waals surface area contributed by atoms with Crippen LogP contribution in [0, 0.1) is 0 Å². The molecule has 0 amide bonds. The molecule has 0 fully saturated rings. The molecule has 140 valence electrons. The van der Waals surface area contributed by atoms with Gasteiger partial charge in [0.2, 0.25) is 5.75 Å². The summed E-state index contributed by atoms with van der Waals surface area (Å²) >= 11 is 0. The Morgan fingerprint density at radius 3 is 2.30 bits per heavy atom. The molecule has 0 saturated heterocycles. The van der Waals surface area contributed by atoms with Crippen molar-refractivity contribution in [2.24, 2.45) is 0 Å². The fourth-order valence-corrected chi connectivity index (χ4v) is 3.67. The zero-order valence-corrected chi connectivity index (χ0v) is 15.6. The second kappa shape index (κ2) is 7.00. The van der Waals surface area contributed by atoms with E-state index in [2.05, 4.69) is 0 Å². The van der Waals surface area contributed by atoms with Gasteiger partial charge in [-0.3, -0.25) is 0 Å². The van der Waals surface area contributed by atoms with E-state index in [4.69, 9.17) is 18.9 Å². The number of aliphatic hydroxyl groups is 1. The highest BCUT2D eigenvalue weighted by atomic mass is 16.5. The largest absolute Gasteiger partial charge is 0.493 e. The topological polar surface area (TPSA) is 57.2 Å². The summed E-state index contributed by atoms with van der Waals surface area (Å²) in [6.07, 6.45) is -0.487. The molecule has 1 heterocycles. The van der Waals surface area contributed by atoms with Gasteiger partial charge in [-0.2, -0.15) is 0 Å². The maximum absolute atomic E-state index is 10.7. The lowest BCUT2D eigenvalue weighted by molar-refractivity contribution is 0.0669. The minimum absolute atomic E-state index is 0.327. The van der Waals surface area contributed by atoms with Crippen LogP contribution in [0.4, 0.5) is 0 Å². The van der Waals surface area contributed by atoms with Gasteiger partial charge in [-0.05, 0) is 17.5 Å². The summed E-state index contributed by atoms with van der Waals surface area (Å²) in [5.41, 5.74) is 1.68. The van der Waals surface area contributed by atoms with Crippen LogP contribution in [0.2, 0.25) is 0 Å². The van der Waals surface area contributed by atoms with Crippen LogP contribution in [0.3, 0.4) is 0 Å². The third-order valence-electron chi connectivity index (χ3n) is 5.03. The zero-order valence-electron chi connectivity index (χ0n) is 15.6. The Balaban J connectivity index is 1.80. The van der Waals surface area contributed by atoms with Crippen molar-refractivity contribution < 1.29 is 24.1 Å². The van der Waals surface area contributed by atoms with E-state index >= 15 is 0 Å². The molecule has 1 N–H and O–H groups in total. The number of ether oxygens (including phenoxy) is 4. The second-order valence-electron chi connectivity index (χ2n) is 6.52. The molecule has 5 heteroatoms.